The van der Waals surface area contributed by atoms with Gasteiger partial charge in [0, 0.05) is 13.2 Å². The molecule has 0 aliphatic rings. The molecule has 5 heteroatoms. The van der Waals surface area contributed by atoms with Gasteiger partial charge in [0.05, 0.1) is 0 Å². The fourth-order valence-electron chi connectivity index (χ4n) is 4.51. The molecular weight excluding hydrogens is 620 g/mol. The molecule has 0 bridgehead atoms. The van der Waals surface area contributed by atoms with Gasteiger partial charge in [-0.3, -0.25) is 0 Å². The van der Waals surface area contributed by atoms with Gasteiger partial charge in [0.1, 0.15) is 0 Å². The molecule has 2 rings (SSSR count). The Bertz CT molecular complexity index is 926. The van der Waals surface area contributed by atoms with Crippen LogP contribution in [0.5, 0.6) is 0 Å². The predicted octanol–water partition coefficient (Wildman–Crippen LogP) is 13.3. The molecule has 0 aliphatic carbocycles. The summed E-state index contributed by atoms with van der Waals surface area (Å²) in [5.41, 5.74) is 8.15. The molecular formula is C40H72NOP2Ti. The molecule has 0 spiro atoms. The zero-order valence-corrected chi connectivity index (χ0v) is 36.2. The van der Waals surface area contributed by atoms with Crippen molar-refractivity contribution in [2.45, 2.75) is 147 Å². The molecule has 257 valence electrons. The normalized spacial score (nSPS) is 11.5. The van der Waals surface area contributed by atoms with Crippen LogP contribution in [0.4, 0.5) is 11.4 Å². The Morgan fingerprint density at radius 1 is 0.600 bits per heavy atom. The molecule has 0 unspecified atom stereocenters. The first kappa shape index (κ1) is 49.2. The van der Waals surface area contributed by atoms with Gasteiger partial charge in [-0.1, -0.05) is 160 Å². The smallest absolute Gasteiger partial charge is 0.657 e. The van der Waals surface area contributed by atoms with Crippen molar-refractivity contribution < 1.29 is 26.5 Å². The van der Waals surface area contributed by atoms with Gasteiger partial charge in [-0.25, -0.2) is 0 Å². The predicted molar refractivity (Wildman–Crippen MR) is 210 cm³/mol. The van der Waals surface area contributed by atoms with Gasteiger partial charge in [0.2, 0.25) is 0 Å². The Balaban J connectivity index is -0.000000913. The number of hydrogen-bond donors (Lipinski definition) is 0. The van der Waals surface area contributed by atoms with Crippen LogP contribution < -0.4 is 10.6 Å². The van der Waals surface area contributed by atoms with Crippen LogP contribution in [-0.4, -0.2) is 35.8 Å². The van der Waals surface area contributed by atoms with E-state index < -0.39 is 0 Å². The van der Waals surface area contributed by atoms with Crippen molar-refractivity contribution in [3.8, 4) is 0 Å². The van der Waals surface area contributed by atoms with E-state index in [4.69, 9.17) is 10.1 Å². The van der Waals surface area contributed by atoms with Crippen LogP contribution in [0.1, 0.15) is 122 Å². The SMILES string of the molecule is CCOCC.Cc1ccc([N-]c2ccc(C)cc2P(C(C)C)C(C)C)c(P(C(C)C)C(C)C)c1.[CH2-]C(C)(C)C.[CH2-]C(C)(C)C.[Ti+3]. The summed E-state index contributed by atoms with van der Waals surface area (Å²) in [7, 11) is -0.503. The van der Waals surface area contributed by atoms with E-state index >= 15 is 0 Å². The first-order valence-electron chi connectivity index (χ1n) is 16.7. The van der Waals surface area contributed by atoms with Crippen molar-refractivity contribution in [1.29, 1.82) is 0 Å². The van der Waals surface area contributed by atoms with Crippen molar-refractivity contribution in [3.05, 3.63) is 66.7 Å². The Labute approximate surface area is 300 Å². The topological polar surface area (TPSA) is 23.3 Å². The second kappa shape index (κ2) is 24.0. The quantitative estimate of drug-likeness (QED) is 0.138. The molecule has 0 heterocycles. The molecule has 2 aromatic carbocycles. The number of hydrogen-bond acceptors (Lipinski definition) is 1. The number of benzene rings is 2. The molecule has 45 heavy (non-hydrogen) atoms. The van der Waals surface area contributed by atoms with Crippen LogP contribution in [0, 0.1) is 38.5 Å². The van der Waals surface area contributed by atoms with Crippen LogP contribution in [-0.2, 0) is 26.5 Å². The average molecular weight is 693 g/mol. The summed E-state index contributed by atoms with van der Waals surface area (Å²) in [5.74, 6) is 0. The van der Waals surface area contributed by atoms with E-state index in [1.54, 1.807) is 0 Å². The van der Waals surface area contributed by atoms with Crippen molar-refractivity contribution in [2.24, 2.45) is 10.8 Å². The number of aryl methyl sites for hydroxylation is 2. The van der Waals surface area contributed by atoms with E-state index in [1.165, 1.54) is 33.1 Å². The first-order chi connectivity index (χ1) is 19.9. The van der Waals surface area contributed by atoms with Crippen molar-refractivity contribution in [2.75, 3.05) is 13.2 Å². The molecule has 0 aliphatic heterocycles. The minimum absolute atomic E-state index is 0. The summed E-state index contributed by atoms with van der Waals surface area (Å²) >= 11 is 0. The molecule has 2 nitrogen and oxygen atoms in total. The minimum atomic E-state index is -0.251. The van der Waals surface area contributed by atoms with Gasteiger partial charge in [-0.15, -0.1) is 11.4 Å². The minimum Gasteiger partial charge on any atom is -0.657 e. The van der Waals surface area contributed by atoms with Crippen molar-refractivity contribution in [3.63, 3.8) is 0 Å². The van der Waals surface area contributed by atoms with Crippen LogP contribution in [0.2, 0.25) is 0 Å². The van der Waals surface area contributed by atoms with Gasteiger partial charge in [0.15, 0.2) is 0 Å². The van der Waals surface area contributed by atoms with Crippen LogP contribution in [0.25, 0.3) is 5.32 Å². The maximum absolute atomic E-state index is 5.33. The zero-order chi connectivity index (χ0) is 35.0. The molecule has 0 atom stereocenters. The summed E-state index contributed by atoms with van der Waals surface area (Å²) in [6, 6.07) is 13.7. The Kier molecular flexibility index (Phi) is 26.2. The van der Waals surface area contributed by atoms with E-state index in [-0.39, 0.29) is 48.4 Å². The second-order valence-electron chi connectivity index (χ2n) is 15.2. The molecule has 0 fully saturated rings. The maximum Gasteiger partial charge on any atom is 3.00 e. The number of nitrogens with zero attached hydrogens (tertiary/aromatic N) is 1. The van der Waals surface area contributed by atoms with E-state index in [0.29, 0.717) is 22.6 Å². The van der Waals surface area contributed by atoms with Gasteiger partial charge in [0.25, 0.3) is 0 Å². The fourth-order valence-corrected chi connectivity index (χ4v) is 10.6. The van der Waals surface area contributed by atoms with Gasteiger partial charge >= 0.3 is 21.7 Å². The number of ether oxygens (including phenoxy) is 1. The summed E-state index contributed by atoms with van der Waals surface area (Å²) in [6.07, 6.45) is 0. The Morgan fingerprint density at radius 2 is 0.844 bits per heavy atom. The summed E-state index contributed by atoms with van der Waals surface area (Å²) in [5, 5.41) is 8.26. The number of rotatable bonds is 10. The van der Waals surface area contributed by atoms with Crippen LogP contribution in [0.15, 0.2) is 36.4 Å². The van der Waals surface area contributed by atoms with E-state index in [2.05, 4.69) is 161 Å². The Morgan fingerprint density at radius 3 is 1.02 bits per heavy atom. The third-order valence-electron chi connectivity index (χ3n) is 5.69. The molecule has 0 saturated carbocycles. The molecule has 0 N–H and O–H groups in total. The summed E-state index contributed by atoms with van der Waals surface area (Å²) < 4.78 is 4.83. The van der Waals surface area contributed by atoms with Crippen molar-refractivity contribution in [1.82, 2.24) is 0 Å². The zero-order valence-electron chi connectivity index (χ0n) is 32.9. The van der Waals surface area contributed by atoms with Gasteiger partial charge < -0.3 is 23.9 Å². The summed E-state index contributed by atoms with van der Waals surface area (Å²) in [6.45, 7) is 49.0. The standard InChI is InChI=1S/C26H40NP2.2C5H11.C4H10O.Ti/c1-17(2)28(18(3)4)25-15-21(9)11-13-23(25)27-24-14-12-22(10)16-26(24)29(19(5)6)20(7)8;2*1-5(2,3)4;1-3-5-4-2;/h11-20H,1-10H3;2*1H2,2-4H3;3-4H2,1-2H3;/q3*-1;;+3. The van der Waals surface area contributed by atoms with E-state index in [0.717, 1.165) is 13.2 Å². The van der Waals surface area contributed by atoms with E-state index in [1.807, 2.05) is 13.8 Å². The van der Waals surface area contributed by atoms with Gasteiger partial charge in [-0.2, -0.15) is 10.8 Å². The molecule has 0 amide bonds. The molecule has 0 aromatic heterocycles. The monoisotopic (exact) mass is 692 g/mol. The average Bonchev–Trinajstić information content (AvgIpc) is 2.80. The Hall–Kier alpha value is -0.226. The largest absolute Gasteiger partial charge is 3.00 e. The van der Waals surface area contributed by atoms with Gasteiger partial charge in [-0.05, 0) is 60.9 Å². The molecule has 2 aromatic rings. The van der Waals surface area contributed by atoms with Crippen molar-refractivity contribution >= 4 is 37.8 Å². The van der Waals surface area contributed by atoms with E-state index in [9.17, 15) is 0 Å². The van der Waals surface area contributed by atoms with Crippen LogP contribution >= 0.6 is 15.8 Å². The molecule has 0 saturated heterocycles. The third-order valence-corrected chi connectivity index (χ3v) is 12.0. The molecule has 1 radical (unpaired) electrons. The fraction of sp³-hybridized carbons (Fsp3) is 0.650. The third kappa shape index (κ3) is 24.6. The maximum atomic E-state index is 5.33. The second-order valence-corrected chi connectivity index (χ2v) is 21.9. The van der Waals surface area contributed by atoms with Crippen LogP contribution in [0.3, 0.4) is 0 Å². The summed E-state index contributed by atoms with van der Waals surface area (Å²) in [4.78, 5) is 0. The first-order valence-corrected chi connectivity index (χ1v) is 19.7.